The molecule has 0 saturated carbocycles. The quantitative estimate of drug-likeness (QED) is 0.882. The zero-order chi connectivity index (χ0) is 18.5. The van der Waals surface area contributed by atoms with Gasteiger partial charge in [-0.3, -0.25) is 14.8 Å². The SMILES string of the molecule is O=C(c1ccc(-c2ccn[nH]2)cc1)N1CCCC[C@@H]1CCN1CCOCC1. The van der Waals surface area contributed by atoms with Gasteiger partial charge in [-0.2, -0.15) is 5.10 Å². The first-order valence-electron chi connectivity index (χ1n) is 10.0. The molecule has 2 aliphatic rings. The second-order valence-electron chi connectivity index (χ2n) is 7.44. The molecule has 1 atom stereocenters. The number of nitrogens with zero attached hydrogens (tertiary/aromatic N) is 3. The molecular weight excluding hydrogens is 340 g/mol. The van der Waals surface area contributed by atoms with Crippen molar-refractivity contribution < 1.29 is 9.53 Å². The minimum atomic E-state index is 0.165. The monoisotopic (exact) mass is 368 g/mol. The molecule has 6 nitrogen and oxygen atoms in total. The maximum absolute atomic E-state index is 13.1. The van der Waals surface area contributed by atoms with E-state index >= 15 is 0 Å². The van der Waals surface area contributed by atoms with Gasteiger partial charge in [0.25, 0.3) is 5.91 Å². The second kappa shape index (κ2) is 8.67. The molecule has 2 aliphatic heterocycles. The summed E-state index contributed by atoms with van der Waals surface area (Å²) in [6.07, 6.45) is 6.23. The smallest absolute Gasteiger partial charge is 0.254 e. The molecule has 0 unspecified atom stereocenters. The van der Waals surface area contributed by atoms with Gasteiger partial charge >= 0.3 is 0 Å². The Kier molecular flexibility index (Phi) is 5.84. The molecule has 1 amide bonds. The van der Waals surface area contributed by atoms with Crippen molar-refractivity contribution in [3.05, 3.63) is 42.1 Å². The van der Waals surface area contributed by atoms with Crippen molar-refractivity contribution >= 4 is 5.91 Å². The van der Waals surface area contributed by atoms with Crippen molar-refractivity contribution in [2.75, 3.05) is 39.4 Å². The lowest BCUT2D eigenvalue weighted by molar-refractivity contribution is 0.0296. The number of amides is 1. The highest BCUT2D eigenvalue weighted by molar-refractivity contribution is 5.95. The first-order valence-corrected chi connectivity index (χ1v) is 10.0. The summed E-state index contributed by atoms with van der Waals surface area (Å²) in [4.78, 5) is 17.7. The predicted molar refractivity (Wildman–Crippen MR) is 105 cm³/mol. The number of likely N-dealkylation sites (tertiary alicyclic amines) is 1. The molecule has 3 heterocycles. The van der Waals surface area contributed by atoms with Gasteiger partial charge < -0.3 is 9.64 Å². The average Bonchev–Trinajstić information content (AvgIpc) is 3.28. The van der Waals surface area contributed by atoms with E-state index in [1.165, 1.54) is 6.42 Å². The highest BCUT2D eigenvalue weighted by atomic mass is 16.5. The fourth-order valence-corrected chi connectivity index (χ4v) is 4.10. The zero-order valence-electron chi connectivity index (χ0n) is 15.8. The number of carbonyl (C=O) groups excluding carboxylic acids is 1. The van der Waals surface area contributed by atoms with Crippen LogP contribution in [0.15, 0.2) is 36.5 Å². The number of nitrogens with one attached hydrogen (secondary N) is 1. The maximum Gasteiger partial charge on any atom is 0.254 e. The number of aromatic nitrogens is 2. The number of hydrogen-bond acceptors (Lipinski definition) is 4. The van der Waals surface area contributed by atoms with Crippen LogP contribution in [0, 0.1) is 0 Å². The van der Waals surface area contributed by atoms with Gasteiger partial charge in [-0.25, -0.2) is 0 Å². The number of aromatic amines is 1. The Morgan fingerprint density at radius 2 is 1.93 bits per heavy atom. The van der Waals surface area contributed by atoms with Crippen molar-refractivity contribution in [2.45, 2.75) is 31.7 Å². The van der Waals surface area contributed by atoms with Gasteiger partial charge in [0, 0.05) is 44.0 Å². The van der Waals surface area contributed by atoms with E-state index in [2.05, 4.69) is 20.0 Å². The lowest BCUT2D eigenvalue weighted by Crippen LogP contribution is -2.46. The van der Waals surface area contributed by atoms with Gasteiger partial charge in [0.15, 0.2) is 0 Å². The van der Waals surface area contributed by atoms with Crippen LogP contribution >= 0.6 is 0 Å². The molecule has 1 aromatic carbocycles. The summed E-state index contributed by atoms with van der Waals surface area (Å²) in [5.74, 6) is 0.165. The Morgan fingerprint density at radius 3 is 2.67 bits per heavy atom. The van der Waals surface area contributed by atoms with E-state index in [1.807, 2.05) is 30.3 Å². The predicted octanol–water partition coefficient (Wildman–Crippen LogP) is 2.79. The van der Waals surface area contributed by atoms with Gasteiger partial charge in [-0.05, 0) is 49.4 Å². The standard InChI is InChI=1S/C21H28N4O2/c26-21(18-6-4-17(5-7-18)20-8-10-22-23-20)25-11-2-1-3-19(25)9-12-24-13-15-27-16-14-24/h4-8,10,19H,1-3,9,11-16H2,(H,22,23)/t19-/m1/s1. The van der Waals surface area contributed by atoms with E-state index in [1.54, 1.807) is 6.20 Å². The van der Waals surface area contributed by atoms with Crippen LogP contribution < -0.4 is 0 Å². The Morgan fingerprint density at radius 1 is 1.11 bits per heavy atom. The summed E-state index contributed by atoms with van der Waals surface area (Å²) in [5.41, 5.74) is 2.79. The van der Waals surface area contributed by atoms with Crippen molar-refractivity contribution in [1.29, 1.82) is 0 Å². The molecule has 1 aromatic heterocycles. The second-order valence-corrected chi connectivity index (χ2v) is 7.44. The molecule has 4 rings (SSSR count). The molecule has 6 heteroatoms. The van der Waals surface area contributed by atoms with Crippen LogP contribution in [-0.2, 0) is 4.74 Å². The molecule has 0 radical (unpaired) electrons. The third-order valence-electron chi connectivity index (χ3n) is 5.71. The van der Waals surface area contributed by atoms with Crippen molar-refractivity contribution in [1.82, 2.24) is 20.0 Å². The molecule has 27 heavy (non-hydrogen) atoms. The van der Waals surface area contributed by atoms with Crippen molar-refractivity contribution in [3.63, 3.8) is 0 Å². The normalized spacial score (nSPS) is 21.3. The fraction of sp³-hybridized carbons (Fsp3) is 0.524. The lowest BCUT2D eigenvalue weighted by Gasteiger charge is -2.37. The van der Waals surface area contributed by atoms with Gasteiger partial charge in [-0.15, -0.1) is 0 Å². The van der Waals surface area contributed by atoms with Gasteiger partial charge in [0.2, 0.25) is 0 Å². The van der Waals surface area contributed by atoms with Crippen LogP contribution in [-0.4, -0.2) is 71.3 Å². The van der Waals surface area contributed by atoms with E-state index in [9.17, 15) is 4.79 Å². The summed E-state index contributed by atoms with van der Waals surface area (Å²) in [5, 5.41) is 6.95. The number of hydrogen-bond donors (Lipinski definition) is 1. The van der Waals surface area contributed by atoms with Crippen LogP contribution in [0.1, 0.15) is 36.0 Å². The molecule has 0 aliphatic carbocycles. The lowest BCUT2D eigenvalue weighted by atomic mass is 9.97. The Bertz CT molecular complexity index is 723. The number of benzene rings is 1. The average molecular weight is 368 g/mol. The van der Waals surface area contributed by atoms with Gasteiger partial charge in [0.1, 0.15) is 0 Å². The van der Waals surface area contributed by atoms with Gasteiger partial charge in [0.05, 0.1) is 18.9 Å². The Balaban J connectivity index is 1.40. The minimum absolute atomic E-state index is 0.165. The van der Waals surface area contributed by atoms with E-state index in [-0.39, 0.29) is 5.91 Å². The molecule has 144 valence electrons. The largest absolute Gasteiger partial charge is 0.379 e. The van der Waals surface area contributed by atoms with E-state index in [0.29, 0.717) is 6.04 Å². The number of morpholine rings is 1. The number of rotatable bonds is 5. The zero-order valence-corrected chi connectivity index (χ0v) is 15.8. The molecule has 2 saturated heterocycles. The summed E-state index contributed by atoms with van der Waals surface area (Å²) < 4.78 is 5.43. The summed E-state index contributed by atoms with van der Waals surface area (Å²) >= 11 is 0. The van der Waals surface area contributed by atoms with Crippen molar-refractivity contribution in [3.8, 4) is 11.3 Å². The minimum Gasteiger partial charge on any atom is -0.379 e. The fourth-order valence-electron chi connectivity index (χ4n) is 4.10. The Hall–Kier alpha value is -2.18. The maximum atomic E-state index is 13.1. The number of piperidine rings is 1. The molecule has 2 fully saturated rings. The van der Waals surface area contributed by atoms with Crippen LogP contribution in [0.3, 0.4) is 0 Å². The third kappa shape index (κ3) is 4.39. The molecule has 0 spiro atoms. The van der Waals surface area contributed by atoms with E-state index in [4.69, 9.17) is 4.74 Å². The molecule has 1 N–H and O–H groups in total. The number of ether oxygens (including phenoxy) is 1. The third-order valence-corrected chi connectivity index (χ3v) is 5.71. The molecule has 0 bridgehead atoms. The highest BCUT2D eigenvalue weighted by Gasteiger charge is 2.28. The molecular formula is C21H28N4O2. The summed E-state index contributed by atoms with van der Waals surface area (Å²) in [6.45, 7) is 5.60. The number of H-pyrrole nitrogens is 1. The van der Waals surface area contributed by atoms with Crippen molar-refractivity contribution in [2.24, 2.45) is 0 Å². The van der Waals surface area contributed by atoms with E-state index < -0.39 is 0 Å². The van der Waals surface area contributed by atoms with E-state index in [0.717, 1.165) is 75.5 Å². The summed E-state index contributed by atoms with van der Waals surface area (Å²) in [6, 6.07) is 10.1. The van der Waals surface area contributed by atoms with Crippen LogP contribution in [0.25, 0.3) is 11.3 Å². The highest BCUT2D eigenvalue weighted by Crippen LogP contribution is 2.24. The Labute approximate surface area is 160 Å². The first kappa shape index (κ1) is 18.2. The first-order chi connectivity index (χ1) is 13.3. The van der Waals surface area contributed by atoms with Crippen LogP contribution in [0.4, 0.5) is 0 Å². The van der Waals surface area contributed by atoms with Crippen LogP contribution in [0.5, 0.6) is 0 Å². The topological polar surface area (TPSA) is 61.5 Å². The van der Waals surface area contributed by atoms with Gasteiger partial charge in [-0.1, -0.05) is 12.1 Å². The van der Waals surface area contributed by atoms with Crippen LogP contribution in [0.2, 0.25) is 0 Å². The number of carbonyl (C=O) groups is 1. The summed E-state index contributed by atoms with van der Waals surface area (Å²) in [7, 11) is 0. The molecule has 2 aromatic rings.